The third-order valence-corrected chi connectivity index (χ3v) is 6.59. The fraction of sp³-hybridized carbons (Fsp3) is 0.0667. The van der Waals surface area contributed by atoms with Crippen LogP contribution in [0.4, 0.5) is 5.69 Å². The molecule has 39 heavy (non-hydrogen) atoms. The van der Waals surface area contributed by atoms with Crippen LogP contribution in [0.1, 0.15) is 48.4 Å². The van der Waals surface area contributed by atoms with Gasteiger partial charge in [-0.15, -0.1) is 0 Å². The molecule has 9 heteroatoms. The van der Waals surface area contributed by atoms with E-state index in [4.69, 9.17) is 32.7 Å². The molecule has 0 aliphatic carbocycles. The zero-order valence-corrected chi connectivity index (χ0v) is 21.9. The van der Waals surface area contributed by atoms with Gasteiger partial charge in [-0.25, -0.2) is 9.69 Å². The summed E-state index contributed by atoms with van der Waals surface area (Å²) >= 11 is 12.1. The van der Waals surface area contributed by atoms with Gasteiger partial charge in [-0.2, -0.15) is 0 Å². The summed E-state index contributed by atoms with van der Waals surface area (Å²) in [5, 5.41) is 0.827. The number of fused-ring (bicyclic) bond motifs is 1. The zero-order valence-electron chi connectivity index (χ0n) is 20.4. The number of carbonyl (C=O) groups excluding carboxylic acids is 4. The molecule has 0 bridgehead atoms. The van der Waals surface area contributed by atoms with Crippen molar-refractivity contribution in [2.24, 2.45) is 0 Å². The van der Waals surface area contributed by atoms with Crippen molar-refractivity contribution in [3.8, 4) is 11.5 Å². The molecule has 1 aliphatic rings. The highest BCUT2D eigenvalue weighted by molar-refractivity contribution is 6.35. The van der Waals surface area contributed by atoms with Crippen molar-refractivity contribution in [3.63, 3.8) is 0 Å². The van der Waals surface area contributed by atoms with E-state index < -0.39 is 29.7 Å². The summed E-state index contributed by atoms with van der Waals surface area (Å²) in [5.41, 5.74) is 0.871. The Morgan fingerprint density at radius 2 is 1.49 bits per heavy atom. The number of rotatable bonds is 7. The summed E-state index contributed by atoms with van der Waals surface area (Å²) in [5.74, 6) is -1.41. The van der Waals surface area contributed by atoms with Crippen molar-refractivity contribution in [1.29, 1.82) is 0 Å². The molecule has 0 saturated carbocycles. The first kappa shape index (κ1) is 26.2. The van der Waals surface area contributed by atoms with Crippen molar-refractivity contribution in [2.75, 3.05) is 4.90 Å². The fourth-order valence-electron chi connectivity index (χ4n) is 4.08. The number of anilines is 1. The van der Waals surface area contributed by atoms with Crippen molar-refractivity contribution >= 4 is 52.5 Å². The van der Waals surface area contributed by atoms with E-state index in [1.807, 2.05) is 0 Å². The van der Waals surface area contributed by atoms with Crippen LogP contribution in [-0.2, 0) is 4.74 Å². The van der Waals surface area contributed by atoms with Crippen LogP contribution in [0.15, 0.2) is 91.0 Å². The average Bonchev–Trinajstić information content (AvgIpc) is 3.19. The molecule has 0 aromatic heterocycles. The summed E-state index contributed by atoms with van der Waals surface area (Å²) in [6.07, 6.45) is -1.09. The number of ether oxygens (including phenoxy) is 2. The van der Waals surface area contributed by atoms with Crippen LogP contribution in [-0.4, -0.2) is 29.7 Å². The largest absolute Gasteiger partial charge is 0.456 e. The van der Waals surface area contributed by atoms with Gasteiger partial charge in [0.2, 0.25) is 5.78 Å². The maximum atomic E-state index is 13.2. The number of halogens is 2. The Kier molecular flexibility index (Phi) is 7.19. The minimum atomic E-state index is -1.09. The second kappa shape index (κ2) is 10.7. The van der Waals surface area contributed by atoms with E-state index in [-0.39, 0.29) is 16.7 Å². The first-order chi connectivity index (χ1) is 18.7. The van der Waals surface area contributed by atoms with Gasteiger partial charge >= 0.3 is 5.97 Å². The Hall–Kier alpha value is -4.46. The van der Waals surface area contributed by atoms with Gasteiger partial charge in [0.25, 0.3) is 11.8 Å². The molecule has 1 heterocycles. The summed E-state index contributed by atoms with van der Waals surface area (Å²) < 4.78 is 11.1. The van der Waals surface area contributed by atoms with Crippen molar-refractivity contribution in [1.82, 2.24) is 0 Å². The molecule has 0 N–H and O–H groups in total. The van der Waals surface area contributed by atoms with Crippen LogP contribution in [0.3, 0.4) is 0 Å². The van der Waals surface area contributed by atoms with Gasteiger partial charge in [-0.3, -0.25) is 14.4 Å². The molecule has 0 spiro atoms. The Balaban J connectivity index is 1.31. The maximum Gasteiger partial charge on any atom is 0.338 e. The van der Waals surface area contributed by atoms with Crippen LogP contribution in [0.5, 0.6) is 11.5 Å². The number of nitrogens with zero attached hydrogens (tertiary/aromatic N) is 1. The van der Waals surface area contributed by atoms with E-state index in [1.165, 1.54) is 31.2 Å². The van der Waals surface area contributed by atoms with Crippen LogP contribution in [0.2, 0.25) is 10.0 Å². The van der Waals surface area contributed by atoms with E-state index in [2.05, 4.69) is 0 Å². The lowest BCUT2D eigenvalue weighted by Gasteiger charge is -2.15. The molecule has 1 unspecified atom stereocenters. The Labute approximate surface area is 233 Å². The number of Topliss-reactive ketones (excluding diaryl/α,β-unsaturated/α-hetero) is 1. The smallest absolute Gasteiger partial charge is 0.338 e. The molecular formula is C30H19Cl2NO6. The predicted octanol–water partition coefficient (Wildman–Crippen LogP) is 7.01. The molecule has 5 rings (SSSR count). The zero-order chi connectivity index (χ0) is 27.7. The Morgan fingerprint density at radius 1 is 0.769 bits per heavy atom. The number of esters is 1. The highest BCUT2D eigenvalue weighted by atomic mass is 35.5. The molecule has 0 saturated heterocycles. The van der Waals surface area contributed by atoms with E-state index >= 15 is 0 Å². The third kappa shape index (κ3) is 5.27. The first-order valence-corrected chi connectivity index (χ1v) is 12.5. The molecule has 1 aliphatic heterocycles. The number of benzene rings is 4. The lowest BCUT2D eigenvalue weighted by Crippen LogP contribution is -2.29. The van der Waals surface area contributed by atoms with Gasteiger partial charge in [-0.05, 0) is 73.7 Å². The van der Waals surface area contributed by atoms with Crippen molar-refractivity contribution < 1.29 is 28.7 Å². The molecular weight excluding hydrogens is 541 g/mol. The maximum absolute atomic E-state index is 13.2. The number of para-hydroxylation sites is 1. The second-order valence-corrected chi connectivity index (χ2v) is 9.50. The number of imide groups is 1. The molecule has 2 amide bonds. The van der Waals surface area contributed by atoms with Crippen molar-refractivity contribution in [2.45, 2.75) is 13.0 Å². The number of hydrogen-bond donors (Lipinski definition) is 0. The SMILES string of the molecule is CC(OC(=O)c1ccc2c(c1)C(=O)N(c1ccc(Oc3ccccc3Cl)cc1)C2=O)C(=O)c1cccc(Cl)c1. The van der Waals surface area contributed by atoms with Gasteiger partial charge < -0.3 is 9.47 Å². The lowest BCUT2D eigenvalue weighted by atomic mass is 10.1. The van der Waals surface area contributed by atoms with Crippen LogP contribution in [0.25, 0.3) is 0 Å². The number of ketones is 1. The summed E-state index contributed by atoms with van der Waals surface area (Å²) in [6.45, 7) is 1.45. The standard InChI is InChI=1S/C30H19Cl2NO6/c1-17(27(34)18-5-4-6-20(31)15-18)38-30(37)19-9-14-23-24(16-19)29(36)33(28(23)35)21-10-12-22(13-11-21)39-26-8-3-2-7-25(26)32/h2-17H,1H3. The van der Waals surface area contributed by atoms with Crippen LogP contribution < -0.4 is 9.64 Å². The Bertz CT molecular complexity index is 1630. The summed E-state index contributed by atoms with van der Waals surface area (Å²) in [7, 11) is 0. The van der Waals surface area contributed by atoms with Gasteiger partial charge in [0, 0.05) is 10.6 Å². The van der Waals surface area contributed by atoms with Gasteiger partial charge in [0.1, 0.15) is 11.5 Å². The minimum absolute atomic E-state index is 0.0333. The normalized spacial score (nSPS) is 13.2. The monoisotopic (exact) mass is 559 g/mol. The minimum Gasteiger partial charge on any atom is -0.456 e. The summed E-state index contributed by atoms with van der Waals surface area (Å²) in [4.78, 5) is 52.7. The average molecular weight is 560 g/mol. The molecule has 0 radical (unpaired) electrons. The van der Waals surface area contributed by atoms with Gasteiger partial charge in [-0.1, -0.05) is 47.5 Å². The van der Waals surface area contributed by atoms with E-state index in [9.17, 15) is 19.2 Å². The van der Waals surface area contributed by atoms with Crippen LogP contribution >= 0.6 is 23.2 Å². The third-order valence-electron chi connectivity index (χ3n) is 6.04. The molecule has 4 aromatic rings. The molecule has 194 valence electrons. The molecule has 4 aromatic carbocycles. The Morgan fingerprint density at radius 3 is 2.21 bits per heavy atom. The van der Waals surface area contributed by atoms with Crippen LogP contribution in [0, 0.1) is 0 Å². The highest BCUT2D eigenvalue weighted by Crippen LogP contribution is 2.33. The molecule has 1 atom stereocenters. The number of carbonyl (C=O) groups is 4. The lowest BCUT2D eigenvalue weighted by molar-refractivity contribution is 0.0318. The second-order valence-electron chi connectivity index (χ2n) is 8.65. The van der Waals surface area contributed by atoms with Gasteiger partial charge in [0.15, 0.2) is 6.10 Å². The first-order valence-electron chi connectivity index (χ1n) is 11.8. The highest BCUT2D eigenvalue weighted by Gasteiger charge is 2.37. The van der Waals surface area contributed by atoms with E-state index in [1.54, 1.807) is 66.7 Å². The fourth-order valence-corrected chi connectivity index (χ4v) is 4.44. The predicted molar refractivity (Wildman–Crippen MR) is 146 cm³/mol. The quantitative estimate of drug-likeness (QED) is 0.137. The summed E-state index contributed by atoms with van der Waals surface area (Å²) in [6, 6.07) is 23.8. The number of hydrogen-bond acceptors (Lipinski definition) is 6. The van der Waals surface area contributed by atoms with Crippen molar-refractivity contribution in [3.05, 3.63) is 123 Å². The van der Waals surface area contributed by atoms with E-state index in [0.717, 1.165) is 4.90 Å². The molecule has 0 fully saturated rings. The topological polar surface area (TPSA) is 90.0 Å². The number of amides is 2. The van der Waals surface area contributed by atoms with Gasteiger partial charge in [0.05, 0.1) is 27.4 Å². The molecule has 7 nitrogen and oxygen atoms in total. The van der Waals surface area contributed by atoms with E-state index in [0.29, 0.717) is 32.8 Å².